The smallest absolute Gasteiger partial charge is 0.0642 e. The molecule has 0 bridgehead atoms. The lowest BCUT2D eigenvalue weighted by Gasteiger charge is -2.15. The van der Waals surface area contributed by atoms with Gasteiger partial charge in [-0.1, -0.05) is 6.92 Å². The second-order valence-electron chi connectivity index (χ2n) is 3.40. The molecule has 0 radical (unpaired) electrons. The molecule has 1 unspecified atom stereocenters. The molecule has 72 valence electrons. The van der Waals surface area contributed by atoms with Crippen molar-refractivity contribution in [2.75, 3.05) is 19.8 Å². The van der Waals surface area contributed by atoms with E-state index in [9.17, 15) is 0 Å². The van der Waals surface area contributed by atoms with Gasteiger partial charge in [0.1, 0.15) is 0 Å². The number of nitrogens with one attached hydrogen (secondary N) is 1. The van der Waals surface area contributed by atoms with Gasteiger partial charge < -0.3 is 15.2 Å². The summed E-state index contributed by atoms with van der Waals surface area (Å²) in [5.41, 5.74) is 0. The van der Waals surface area contributed by atoms with Crippen molar-refractivity contribution >= 4 is 0 Å². The maximum absolute atomic E-state index is 8.96. The van der Waals surface area contributed by atoms with Crippen LogP contribution in [0, 0.1) is 0 Å². The van der Waals surface area contributed by atoms with Gasteiger partial charge >= 0.3 is 0 Å². The molecular weight excluding hydrogens is 154 g/mol. The lowest BCUT2D eigenvalue weighted by molar-refractivity contribution is 0.0885. The highest BCUT2D eigenvalue weighted by molar-refractivity contribution is 4.84. The van der Waals surface area contributed by atoms with Gasteiger partial charge in [-0.15, -0.1) is 0 Å². The molecular formula is C9H19NO2. The Balaban J connectivity index is 1.98. The molecule has 0 saturated heterocycles. The third-order valence-corrected chi connectivity index (χ3v) is 1.94. The van der Waals surface area contributed by atoms with Gasteiger partial charge in [-0.25, -0.2) is 0 Å². The Morgan fingerprint density at radius 1 is 1.58 bits per heavy atom. The minimum atomic E-state index is 0.143. The third-order valence-electron chi connectivity index (χ3n) is 1.94. The maximum atomic E-state index is 8.96. The van der Waals surface area contributed by atoms with Gasteiger partial charge in [-0.05, 0) is 19.3 Å². The van der Waals surface area contributed by atoms with Crippen molar-refractivity contribution < 1.29 is 9.84 Å². The monoisotopic (exact) mass is 173 g/mol. The molecule has 0 spiro atoms. The molecule has 0 amide bonds. The van der Waals surface area contributed by atoms with Crippen LogP contribution in [0.25, 0.3) is 0 Å². The molecule has 0 heterocycles. The second kappa shape index (κ2) is 5.51. The van der Waals surface area contributed by atoms with Gasteiger partial charge in [0.2, 0.25) is 0 Å². The average Bonchev–Trinajstić information content (AvgIpc) is 2.87. The Morgan fingerprint density at radius 3 is 2.83 bits per heavy atom. The highest BCUT2D eigenvalue weighted by Crippen LogP contribution is 2.19. The lowest BCUT2D eigenvalue weighted by Crippen LogP contribution is -2.38. The summed E-state index contributed by atoms with van der Waals surface area (Å²) in [4.78, 5) is 0. The quantitative estimate of drug-likeness (QED) is 0.552. The van der Waals surface area contributed by atoms with E-state index in [2.05, 4.69) is 12.2 Å². The molecule has 2 N–H and O–H groups in total. The van der Waals surface area contributed by atoms with Gasteiger partial charge in [0.25, 0.3) is 0 Å². The minimum absolute atomic E-state index is 0.143. The Labute approximate surface area is 74.1 Å². The summed E-state index contributed by atoms with van der Waals surface area (Å²) in [6.07, 6.45) is 3.55. The van der Waals surface area contributed by atoms with Gasteiger partial charge in [0.05, 0.1) is 19.3 Å². The molecule has 1 fully saturated rings. The Morgan fingerprint density at radius 2 is 2.33 bits per heavy atom. The zero-order valence-electron chi connectivity index (χ0n) is 7.75. The summed E-state index contributed by atoms with van der Waals surface area (Å²) in [5.74, 6) is 0. The predicted octanol–water partition coefficient (Wildman–Crippen LogP) is 0.526. The van der Waals surface area contributed by atoms with Crippen molar-refractivity contribution in [1.82, 2.24) is 5.32 Å². The Hall–Kier alpha value is -0.120. The van der Waals surface area contributed by atoms with Crippen LogP contribution in [0.4, 0.5) is 0 Å². The molecule has 1 saturated carbocycles. The number of hydrogen-bond donors (Lipinski definition) is 2. The zero-order valence-corrected chi connectivity index (χ0v) is 7.75. The van der Waals surface area contributed by atoms with Crippen molar-refractivity contribution in [2.24, 2.45) is 0 Å². The Kier molecular flexibility index (Phi) is 4.58. The molecule has 0 aromatic heterocycles. The van der Waals surface area contributed by atoms with Crippen molar-refractivity contribution in [3.05, 3.63) is 0 Å². The third kappa shape index (κ3) is 4.04. The lowest BCUT2D eigenvalue weighted by atomic mass is 10.3. The first-order chi connectivity index (χ1) is 5.86. The largest absolute Gasteiger partial charge is 0.395 e. The summed E-state index contributed by atoms with van der Waals surface area (Å²) in [7, 11) is 0. The fraction of sp³-hybridized carbons (Fsp3) is 1.00. The summed E-state index contributed by atoms with van der Waals surface area (Å²) >= 11 is 0. The van der Waals surface area contributed by atoms with Crippen LogP contribution in [0.5, 0.6) is 0 Å². The van der Waals surface area contributed by atoms with Gasteiger partial charge in [-0.3, -0.25) is 0 Å². The van der Waals surface area contributed by atoms with Crippen LogP contribution in [-0.4, -0.2) is 37.0 Å². The molecule has 0 aromatic carbocycles. The first kappa shape index (κ1) is 9.96. The van der Waals surface area contributed by atoms with E-state index in [0.717, 1.165) is 13.0 Å². The van der Waals surface area contributed by atoms with E-state index in [4.69, 9.17) is 9.84 Å². The van der Waals surface area contributed by atoms with Crippen LogP contribution >= 0.6 is 0 Å². The minimum Gasteiger partial charge on any atom is -0.395 e. The first-order valence-corrected chi connectivity index (χ1v) is 4.81. The van der Waals surface area contributed by atoms with Crippen LogP contribution in [-0.2, 0) is 4.74 Å². The van der Waals surface area contributed by atoms with E-state index < -0.39 is 0 Å². The van der Waals surface area contributed by atoms with Crippen molar-refractivity contribution in [3.8, 4) is 0 Å². The summed E-state index contributed by atoms with van der Waals surface area (Å²) < 4.78 is 5.34. The standard InChI is InChI=1S/C9H19NO2/c1-2-5-12-7-9(6-11)10-8-3-4-8/h8-11H,2-7H2,1H3. The van der Waals surface area contributed by atoms with Gasteiger partial charge in [-0.2, -0.15) is 0 Å². The molecule has 12 heavy (non-hydrogen) atoms. The topological polar surface area (TPSA) is 41.5 Å². The van der Waals surface area contributed by atoms with Crippen molar-refractivity contribution in [3.63, 3.8) is 0 Å². The van der Waals surface area contributed by atoms with Crippen LogP contribution in [0.2, 0.25) is 0 Å². The maximum Gasteiger partial charge on any atom is 0.0642 e. The molecule has 0 aliphatic heterocycles. The van der Waals surface area contributed by atoms with E-state index >= 15 is 0 Å². The number of hydrogen-bond acceptors (Lipinski definition) is 3. The van der Waals surface area contributed by atoms with Crippen molar-refractivity contribution in [2.45, 2.75) is 38.3 Å². The SMILES string of the molecule is CCCOCC(CO)NC1CC1. The molecule has 3 nitrogen and oxygen atoms in total. The normalized spacial score (nSPS) is 19.5. The molecule has 1 aliphatic rings. The van der Waals surface area contributed by atoms with Crippen LogP contribution in [0.3, 0.4) is 0 Å². The van der Waals surface area contributed by atoms with Crippen LogP contribution in [0.1, 0.15) is 26.2 Å². The molecule has 1 aliphatic carbocycles. The number of rotatable bonds is 7. The summed E-state index contributed by atoms with van der Waals surface area (Å²) in [6, 6.07) is 0.788. The summed E-state index contributed by atoms with van der Waals surface area (Å²) in [6.45, 7) is 3.70. The highest BCUT2D eigenvalue weighted by Gasteiger charge is 2.23. The zero-order chi connectivity index (χ0) is 8.81. The van der Waals surface area contributed by atoms with Gasteiger partial charge in [0.15, 0.2) is 0 Å². The molecule has 0 aromatic rings. The highest BCUT2D eigenvalue weighted by atomic mass is 16.5. The van der Waals surface area contributed by atoms with E-state index in [-0.39, 0.29) is 12.6 Å². The summed E-state index contributed by atoms with van der Waals surface area (Å²) in [5, 5.41) is 12.3. The first-order valence-electron chi connectivity index (χ1n) is 4.81. The molecule has 1 rings (SSSR count). The molecule has 3 heteroatoms. The van der Waals surface area contributed by atoms with Crippen LogP contribution in [0.15, 0.2) is 0 Å². The van der Waals surface area contributed by atoms with E-state index in [1.807, 2.05) is 0 Å². The fourth-order valence-electron chi connectivity index (χ4n) is 1.11. The van der Waals surface area contributed by atoms with Crippen LogP contribution < -0.4 is 5.32 Å². The molecule has 1 atom stereocenters. The van der Waals surface area contributed by atoms with Crippen molar-refractivity contribution in [1.29, 1.82) is 0 Å². The fourth-order valence-corrected chi connectivity index (χ4v) is 1.11. The number of ether oxygens (including phenoxy) is 1. The predicted molar refractivity (Wildman–Crippen MR) is 48.1 cm³/mol. The number of aliphatic hydroxyl groups is 1. The van der Waals surface area contributed by atoms with E-state index in [1.165, 1.54) is 12.8 Å². The second-order valence-corrected chi connectivity index (χ2v) is 3.40. The van der Waals surface area contributed by atoms with Gasteiger partial charge in [0, 0.05) is 12.6 Å². The number of aliphatic hydroxyl groups excluding tert-OH is 1. The Bertz CT molecular complexity index is 115. The van der Waals surface area contributed by atoms with E-state index in [0.29, 0.717) is 12.6 Å². The van der Waals surface area contributed by atoms with E-state index in [1.54, 1.807) is 0 Å². The average molecular weight is 173 g/mol.